The quantitative estimate of drug-likeness (QED) is 0.177. The summed E-state index contributed by atoms with van der Waals surface area (Å²) >= 11 is 3.22. The van der Waals surface area contributed by atoms with Gasteiger partial charge in [-0.1, -0.05) is 18.6 Å². The number of carbonyl (C=O) groups excluding carboxylic acids is 1. The molecule has 0 N–H and O–H groups in total. The lowest BCUT2D eigenvalue weighted by atomic mass is 9.99. The Bertz CT molecular complexity index is 1180. The van der Waals surface area contributed by atoms with Crippen molar-refractivity contribution >= 4 is 52.1 Å². The Morgan fingerprint density at radius 3 is 2.56 bits per heavy atom. The number of likely N-dealkylation sites (N-methyl/N-ethyl adjacent to an activating group) is 1. The first-order chi connectivity index (χ1) is 17.5. The molecule has 0 bridgehead atoms. The second kappa shape index (κ2) is 12.6. The minimum atomic E-state index is -0.311. The molecule has 1 atom stereocenters. The molecule has 1 aliphatic rings. The van der Waals surface area contributed by atoms with Crippen molar-refractivity contribution in [1.29, 1.82) is 0 Å². The Balaban J connectivity index is 1.76. The van der Waals surface area contributed by atoms with Crippen molar-refractivity contribution in [3.05, 3.63) is 64.8 Å². The first-order valence-corrected chi connectivity index (χ1v) is 13.8. The van der Waals surface area contributed by atoms with Crippen LogP contribution in [0, 0.1) is 6.92 Å². The fraction of sp³-hybridized carbons (Fsp3) is 0.444. The monoisotopic (exact) mass is 623 g/mol. The number of carbonyl (C=O) groups is 1. The molecule has 3 aromatic rings. The number of hydrogen-bond acceptors (Lipinski definition) is 7. The van der Waals surface area contributed by atoms with Gasteiger partial charge in [0.05, 0.1) is 25.3 Å². The molecule has 0 spiro atoms. The van der Waals surface area contributed by atoms with Crippen LogP contribution >= 0.6 is 35.2 Å². The molecule has 0 amide bonds. The standard InChI is InChI=1S/C27H34IN3O4S/c1-19-16-25(33-3)23(22-12-15-31(26(19)22)36-35-28)17-30-14-7-5-6-13-29(2)18-24(30)20-8-10-21(11-9-20)27(32)34-4/h8-12,15-16,24H,5-7,13-14,17-18H2,1-4H3. The number of halogens is 1. The van der Waals surface area contributed by atoms with Gasteiger partial charge in [-0.2, -0.15) is 0 Å². The zero-order chi connectivity index (χ0) is 25.7. The zero-order valence-corrected chi connectivity index (χ0v) is 24.3. The second-order valence-electron chi connectivity index (χ2n) is 9.34. The molecule has 7 nitrogen and oxygen atoms in total. The van der Waals surface area contributed by atoms with Crippen molar-refractivity contribution < 1.29 is 16.8 Å². The first-order valence-electron chi connectivity index (χ1n) is 12.2. The van der Waals surface area contributed by atoms with Crippen molar-refractivity contribution in [2.24, 2.45) is 0 Å². The van der Waals surface area contributed by atoms with E-state index in [0.717, 1.165) is 49.4 Å². The van der Waals surface area contributed by atoms with Gasteiger partial charge >= 0.3 is 5.97 Å². The molecule has 0 saturated carbocycles. The average molecular weight is 624 g/mol. The van der Waals surface area contributed by atoms with Gasteiger partial charge in [0.25, 0.3) is 0 Å². The largest absolute Gasteiger partial charge is 0.496 e. The third kappa shape index (κ3) is 6.02. The van der Waals surface area contributed by atoms with Crippen LogP contribution in [-0.4, -0.2) is 60.6 Å². The molecule has 36 heavy (non-hydrogen) atoms. The van der Waals surface area contributed by atoms with Gasteiger partial charge in [0.15, 0.2) is 0 Å². The number of methoxy groups -OCH3 is 2. The lowest BCUT2D eigenvalue weighted by Gasteiger charge is -2.34. The zero-order valence-electron chi connectivity index (χ0n) is 21.3. The second-order valence-corrected chi connectivity index (χ2v) is 11.1. The van der Waals surface area contributed by atoms with E-state index in [4.69, 9.17) is 12.0 Å². The lowest BCUT2D eigenvalue weighted by Crippen LogP contribution is -2.36. The molecule has 194 valence electrons. The molecule has 4 rings (SSSR count). The Hall–Kier alpha value is -1.79. The summed E-state index contributed by atoms with van der Waals surface area (Å²) in [4.78, 5) is 17.0. The molecule has 9 heteroatoms. The van der Waals surface area contributed by atoms with E-state index in [-0.39, 0.29) is 12.0 Å². The summed E-state index contributed by atoms with van der Waals surface area (Å²) in [5.41, 5.74) is 5.25. The average Bonchev–Trinajstić information content (AvgIpc) is 3.34. The molecule has 1 aliphatic heterocycles. The highest BCUT2D eigenvalue weighted by Crippen LogP contribution is 2.37. The van der Waals surface area contributed by atoms with E-state index in [2.05, 4.69) is 58.2 Å². The maximum absolute atomic E-state index is 12.0. The topological polar surface area (TPSA) is 56.2 Å². The number of aromatic nitrogens is 1. The van der Waals surface area contributed by atoms with E-state index < -0.39 is 0 Å². The van der Waals surface area contributed by atoms with Crippen molar-refractivity contribution in [2.45, 2.75) is 38.8 Å². The van der Waals surface area contributed by atoms with Crippen LogP contribution < -0.4 is 4.74 Å². The molecule has 1 saturated heterocycles. The normalized spacial score (nSPS) is 18.0. The first kappa shape index (κ1) is 27.3. The highest BCUT2D eigenvalue weighted by molar-refractivity contribution is 14.1. The van der Waals surface area contributed by atoms with E-state index in [1.54, 1.807) is 7.11 Å². The van der Waals surface area contributed by atoms with Crippen LogP contribution in [0.25, 0.3) is 10.9 Å². The number of fused-ring (bicyclic) bond motifs is 1. The number of esters is 1. The highest BCUT2D eigenvalue weighted by Gasteiger charge is 2.26. The fourth-order valence-electron chi connectivity index (χ4n) is 5.17. The number of nitrogens with zero attached hydrogens (tertiary/aromatic N) is 3. The number of rotatable bonds is 7. The summed E-state index contributed by atoms with van der Waals surface area (Å²) in [5, 5.41) is 1.18. The number of aryl methyl sites for hydroxylation is 1. The summed E-state index contributed by atoms with van der Waals surface area (Å²) in [7, 11) is 5.36. The van der Waals surface area contributed by atoms with Crippen molar-refractivity contribution in [3.8, 4) is 5.75 Å². The predicted molar refractivity (Wildman–Crippen MR) is 154 cm³/mol. The molecule has 1 fully saturated rings. The Kier molecular flexibility index (Phi) is 9.57. The minimum absolute atomic E-state index is 0.176. The Morgan fingerprint density at radius 1 is 1.11 bits per heavy atom. The van der Waals surface area contributed by atoms with Crippen molar-refractivity contribution in [1.82, 2.24) is 13.8 Å². The predicted octanol–water partition coefficient (Wildman–Crippen LogP) is 6.18. The number of ether oxygens (including phenoxy) is 2. The van der Waals surface area contributed by atoms with E-state index in [1.807, 2.05) is 35.1 Å². The lowest BCUT2D eigenvalue weighted by molar-refractivity contribution is 0.0600. The minimum Gasteiger partial charge on any atom is -0.496 e. The Morgan fingerprint density at radius 2 is 1.86 bits per heavy atom. The van der Waals surface area contributed by atoms with Crippen molar-refractivity contribution in [3.63, 3.8) is 0 Å². The van der Waals surface area contributed by atoms with Crippen LogP contribution in [0.3, 0.4) is 0 Å². The summed E-state index contributed by atoms with van der Waals surface area (Å²) < 4.78 is 18.2. The van der Waals surface area contributed by atoms with Crippen LogP contribution in [-0.2, 0) is 13.8 Å². The van der Waals surface area contributed by atoms with Crippen LogP contribution in [0.15, 0.2) is 42.6 Å². The molecule has 2 aromatic carbocycles. The molecule has 0 aliphatic carbocycles. The molecule has 1 aromatic heterocycles. The summed E-state index contributed by atoms with van der Waals surface area (Å²) in [6.07, 6.45) is 5.60. The van der Waals surface area contributed by atoms with E-state index in [9.17, 15) is 4.79 Å². The van der Waals surface area contributed by atoms with Crippen LogP contribution in [0.2, 0.25) is 0 Å². The van der Waals surface area contributed by atoms with Gasteiger partial charge in [0.2, 0.25) is 0 Å². The summed E-state index contributed by atoms with van der Waals surface area (Å²) in [6, 6.07) is 12.4. The van der Waals surface area contributed by atoms with E-state index in [1.165, 1.54) is 48.7 Å². The maximum Gasteiger partial charge on any atom is 0.337 e. The van der Waals surface area contributed by atoms with E-state index in [0.29, 0.717) is 5.56 Å². The smallest absolute Gasteiger partial charge is 0.337 e. The summed E-state index contributed by atoms with van der Waals surface area (Å²) in [5.74, 6) is 0.598. The Labute approximate surface area is 232 Å². The third-order valence-electron chi connectivity index (χ3n) is 7.01. The van der Waals surface area contributed by atoms with Crippen molar-refractivity contribution in [2.75, 3.05) is 40.9 Å². The van der Waals surface area contributed by atoms with Crippen LogP contribution in [0.1, 0.15) is 52.4 Å². The van der Waals surface area contributed by atoms with Gasteiger partial charge in [0, 0.05) is 36.3 Å². The van der Waals surface area contributed by atoms with Crippen LogP contribution in [0.5, 0.6) is 5.75 Å². The number of hydrogen-bond donors (Lipinski definition) is 0. The SMILES string of the molecule is COC(=O)c1ccc(C2CN(C)CCCCCN2Cc2c(OC)cc(C)c3c2ccn3SOI)cc1. The van der Waals surface area contributed by atoms with Gasteiger partial charge in [-0.05, 0) is 75.3 Å². The highest BCUT2D eigenvalue weighted by atomic mass is 127. The molecule has 0 radical (unpaired) electrons. The number of benzene rings is 2. The maximum atomic E-state index is 12.0. The molecule has 1 unspecified atom stereocenters. The van der Waals surface area contributed by atoms with Gasteiger partial charge in [-0.25, -0.2) is 7.31 Å². The fourth-order valence-corrected chi connectivity index (χ4v) is 6.17. The van der Waals surface area contributed by atoms with Gasteiger partial charge in [-0.15, -0.1) is 0 Å². The molecular formula is C27H34IN3O4S. The third-order valence-corrected chi connectivity index (χ3v) is 8.02. The molecular weight excluding hydrogens is 589 g/mol. The summed E-state index contributed by atoms with van der Waals surface area (Å²) in [6.45, 7) is 5.85. The van der Waals surface area contributed by atoms with Gasteiger partial charge in [0.1, 0.15) is 41.0 Å². The van der Waals surface area contributed by atoms with Crippen LogP contribution in [0.4, 0.5) is 0 Å². The molecule has 2 heterocycles. The van der Waals surface area contributed by atoms with E-state index >= 15 is 0 Å². The van der Waals surface area contributed by atoms with Gasteiger partial charge in [-0.3, -0.25) is 8.87 Å². The van der Waals surface area contributed by atoms with Gasteiger partial charge < -0.3 is 14.4 Å².